The van der Waals surface area contributed by atoms with Crippen molar-refractivity contribution < 1.29 is 14.3 Å². The van der Waals surface area contributed by atoms with Crippen LogP contribution in [0.5, 0.6) is 0 Å². The number of amides is 1. The van der Waals surface area contributed by atoms with Crippen LogP contribution in [0, 0.1) is 0 Å². The van der Waals surface area contributed by atoms with Gasteiger partial charge in [0.25, 0.3) is 5.91 Å². The topological polar surface area (TPSA) is 84.4 Å². The molecule has 7 nitrogen and oxygen atoms in total. The third-order valence-electron chi connectivity index (χ3n) is 4.45. The molecule has 0 aliphatic rings. The Morgan fingerprint density at radius 2 is 1.83 bits per heavy atom. The van der Waals surface area contributed by atoms with Gasteiger partial charge in [0.1, 0.15) is 0 Å². The predicted molar refractivity (Wildman–Crippen MR) is 111 cm³/mol. The Morgan fingerprint density at radius 3 is 2.59 bits per heavy atom. The second-order valence-corrected chi connectivity index (χ2v) is 6.49. The van der Waals surface area contributed by atoms with Crippen LogP contribution in [-0.2, 0) is 11.2 Å². The average molecular weight is 390 g/mol. The molecule has 3 aromatic rings. The van der Waals surface area contributed by atoms with Crippen molar-refractivity contribution in [2.24, 2.45) is 0 Å². The maximum Gasteiger partial charge on any atom is 0.337 e. The van der Waals surface area contributed by atoms with Crippen molar-refractivity contribution in [2.75, 3.05) is 30.9 Å². The molecular weight excluding hydrogens is 368 g/mol. The Labute approximate surface area is 169 Å². The van der Waals surface area contributed by atoms with Gasteiger partial charge in [-0.05, 0) is 48.4 Å². The molecule has 0 aliphatic heterocycles. The van der Waals surface area contributed by atoms with Crippen molar-refractivity contribution in [3.05, 3.63) is 83.9 Å². The van der Waals surface area contributed by atoms with E-state index in [1.165, 1.54) is 18.9 Å². The summed E-state index contributed by atoms with van der Waals surface area (Å²) >= 11 is 0. The number of carbonyl (C=O) groups excluding carboxylic acids is 2. The van der Waals surface area contributed by atoms with E-state index in [1.54, 1.807) is 48.9 Å². The zero-order chi connectivity index (χ0) is 20.6. The first kappa shape index (κ1) is 20.0. The summed E-state index contributed by atoms with van der Waals surface area (Å²) in [6, 6.07) is 12.4. The summed E-state index contributed by atoms with van der Waals surface area (Å²) in [6.45, 7) is 0.776. The van der Waals surface area contributed by atoms with E-state index in [0.29, 0.717) is 16.8 Å². The molecule has 2 heterocycles. The molecule has 0 saturated heterocycles. The standard InChI is InChI=1S/C22H22N4O3/c1-26(11-8-16-6-9-23-10-7-16)20-13-18(14-24-15-20)21(27)25-19-5-3-4-17(12-19)22(28)29-2/h3-7,9-10,12-15H,8,11H2,1-2H3,(H,25,27). The zero-order valence-electron chi connectivity index (χ0n) is 16.3. The van der Waals surface area contributed by atoms with Gasteiger partial charge in [0.15, 0.2) is 0 Å². The molecule has 0 radical (unpaired) electrons. The molecule has 148 valence electrons. The number of benzene rings is 1. The van der Waals surface area contributed by atoms with Crippen LogP contribution in [0.1, 0.15) is 26.3 Å². The van der Waals surface area contributed by atoms with E-state index in [2.05, 4.69) is 15.3 Å². The number of carbonyl (C=O) groups is 2. The first-order valence-corrected chi connectivity index (χ1v) is 9.11. The van der Waals surface area contributed by atoms with E-state index in [-0.39, 0.29) is 5.91 Å². The van der Waals surface area contributed by atoms with E-state index < -0.39 is 5.97 Å². The lowest BCUT2D eigenvalue weighted by atomic mass is 10.1. The second-order valence-electron chi connectivity index (χ2n) is 6.49. The molecule has 0 fully saturated rings. The number of likely N-dealkylation sites (N-methyl/N-ethyl adjacent to an activating group) is 1. The molecule has 1 aromatic carbocycles. The Bertz CT molecular complexity index is 992. The van der Waals surface area contributed by atoms with Crippen LogP contribution in [0.2, 0.25) is 0 Å². The van der Waals surface area contributed by atoms with Gasteiger partial charge < -0.3 is 15.0 Å². The Kier molecular flexibility index (Phi) is 6.52. The van der Waals surface area contributed by atoms with Crippen LogP contribution in [0.25, 0.3) is 0 Å². The quantitative estimate of drug-likeness (QED) is 0.624. The van der Waals surface area contributed by atoms with Crippen molar-refractivity contribution in [3.8, 4) is 0 Å². The van der Waals surface area contributed by atoms with Crippen molar-refractivity contribution in [1.82, 2.24) is 9.97 Å². The van der Waals surface area contributed by atoms with Gasteiger partial charge in [-0.3, -0.25) is 14.8 Å². The number of methoxy groups -OCH3 is 1. The van der Waals surface area contributed by atoms with Gasteiger partial charge in [0.2, 0.25) is 0 Å². The first-order chi connectivity index (χ1) is 14.1. The molecule has 0 spiro atoms. The van der Waals surface area contributed by atoms with E-state index in [0.717, 1.165) is 18.7 Å². The Morgan fingerprint density at radius 1 is 1.03 bits per heavy atom. The fourth-order valence-electron chi connectivity index (χ4n) is 2.78. The molecule has 0 atom stereocenters. The van der Waals surface area contributed by atoms with E-state index in [1.807, 2.05) is 24.1 Å². The van der Waals surface area contributed by atoms with Gasteiger partial charge in [-0.1, -0.05) is 6.07 Å². The third-order valence-corrected chi connectivity index (χ3v) is 4.45. The summed E-state index contributed by atoms with van der Waals surface area (Å²) in [6.07, 6.45) is 7.64. The number of pyridine rings is 2. The highest BCUT2D eigenvalue weighted by atomic mass is 16.5. The van der Waals surface area contributed by atoms with Crippen LogP contribution in [-0.4, -0.2) is 42.5 Å². The van der Waals surface area contributed by atoms with Crippen LogP contribution in [0.4, 0.5) is 11.4 Å². The molecule has 3 rings (SSSR count). The number of nitrogens with one attached hydrogen (secondary N) is 1. The summed E-state index contributed by atoms with van der Waals surface area (Å²) < 4.78 is 4.71. The third kappa shape index (κ3) is 5.38. The van der Waals surface area contributed by atoms with Crippen molar-refractivity contribution in [2.45, 2.75) is 6.42 Å². The molecule has 0 bridgehead atoms. The number of rotatable bonds is 7. The van der Waals surface area contributed by atoms with E-state index >= 15 is 0 Å². The Hall–Kier alpha value is -3.74. The molecule has 7 heteroatoms. The largest absolute Gasteiger partial charge is 0.465 e. The highest BCUT2D eigenvalue weighted by Crippen LogP contribution is 2.17. The summed E-state index contributed by atoms with van der Waals surface area (Å²) in [4.78, 5) is 34.5. The normalized spacial score (nSPS) is 10.3. The average Bonchev–Trinajstić information content (AvgIpc) is 2.77. The molecule has 0 saturated carbocycles. The highest BCUT2D eigenvalue weighted by Gasteiger charge is 2.11. The number of ether oxygens (including phenoxy) is 1. The molecule has 29 heavy (non-hydrogen) atoms. The summed E-state index contributed by atoms with van der Waals surface area (Å²) in [5.74, 6) is -0.760. The maximum atomic E-state index is 12.6. The van der Waals surface area contributed by atoms with E-state index in [9.17, 15) is 9.59 Å². The minimum atomic E-state index is -0.458. The fraction of sp³-hybridized carbons (Fsp3) is 0.182. The second kappa shape index (κ2) is 9.45. The molecule has 0 unspecified atom stereocenters. The number of hydrogen-bond acceptors (Lipinski definition) is 6. The molecule has 0 aliphatic carbocycles. The molecule has 2 aromatic heterocycles. The minimum absolute atomic E-state index is 0.302. The lowest BCUT2D eigenvalue weighted by Gasteiger charge is -2.19. The predicted octanol–water partition coefficient (Wildman–Crippen LogP) is 3.19. The summed E-state index contributed by atoms with van der Waals surface area (Å²) in [7, 11) is 3.27. The fourth-order valence-corrected chi connectivity index (χ4v) is 2.78. The van der Waals surface area contributed by atoms with Crippen LogP contribution < -0.4 is 10.2 Å². The summed E-state index contributed by atoms with van der Waals surface area (Å²) in [5.41, 5.74) is 3.35. The van der Waals surface area contributed by atoms with Crippen molar-refractivity contribution >= 4 is 23.3 Å². The lowest BCUT2D eigenvalue weighted by Crippen LogP contribution is -2.21. The summed E-state index contributed by atoms with van der Waals surface area (Å²) in [5, 5.41) is 2.79. The molecular formula is C22H22N4O3. The van der Waals surface area contributed by atoms with Gasteiger partial charge in [-0.15, -0.1) is 0 Å². The zero-order valence-corrected chi connectivity index (χ0v) is 16.3. The van der Waals surface area contributed by atoms with Crippen LogP contribution >= 0.6 is 0 Å². The molecule has 1 amide bonds. The molecule has 1 N–H and O–H groups in total. The maximum absolute atomic E-state index is 12.6. The Balaban J connectivity index is 1.67. The number of hydrogen-bond donors (Lipinski definition) is 1. The SMILES string of the molecule is COC(=O)c1cccc(NC(=O)c2cncc(N(C)CCc3ccncc3)c2)c1. The number of aromatic nitrogens is 2. The highest BCUT2D eigenvalue weighted by molar-refractivity contribution is 6.05. The van der Waals surface area contributed by atoms with Gasteiger partial charge in [0.05, 0.1) is 30.1 Å². The number of esters is 1. The van der Waals surface area contributed by atoms with Crippen LogP contribution in [0.3, 0.4) is 0 Å². The first-order valence-electron chi connectivity index (χ1n) is 9.11. The van der Waals surface area contributed by atoms with Crippen molar-refractivity contribution in [1.29, 1.82) is 0 Å². The van der Waals surface area contributed by atoms with E-state index in [4.69, 9.17) is 4.74 Å². The monoisotopic (exact) mass is 390 g/mol. The van der Waals surface area contributed by atoms with Crippen LogP contribution in [0.15, 0.2) is 67.3 Å². The van der Waals surface area contributed by atoms with Crippen molar-refractivity contribution in [3.63, 3.8) is 0 Å². The smallest absolute Gasteiger partial charge is 0.337 e. The number of anilines is 2. The van der Waals surface area contributed by atoms with Gasteiger partial charge in [0, 0.05) is 37.9 Å². The van der Waals surface area contributed by atoms with Gasteiger partial charge >= 0.3 is 5.97 Å². The van der Waals surface area contributed by atoms with Gasteiger partial charge in [-0.25, -0.2) is 4.79 Å². The van der Waals surface area contributed by atoms with Gasteiger partial charge in [-0.2, -0.15) is 0 Å². The number of nitrogens with zero attached hydrogens (tertiary/aromatic N) is 3. The lowest BCUT2D eigenvalue weighted by molar-refractivity contribution is 0.0600. The minimum Gasteiger partial charge on any atom is -0.465 e.